The minimum Gasteiger partial charge on any atom is -0.302 e. The van der Waals surface area contributed by atoms with Crippen molar-refractivity contribution in [3.8, 4) is 0 Å². The number of carbonyl (C=O) groups is 1. The zero-order chi connectivity index (χ0) is 11.4. The average Bonchev–Trinajstić information content (AvgIpc) is 2.88. The molecule has 0 saturated heterocycles. The van der Waals surface area contributed by atoms with Gasteiger partial charge in [0.15, 0.2) is 5.13 Å². The highest BCUT2D eigenvalue weighted by molar-refractivity contribution is 7.13. The van der Waals surface area contributed by atoms with Crippen LogP contribution in [0.5, 0.6) is 0 Å². The first-order chi connectivity index (χ1) is 7.75. The van der Waals surface area contributed by atoms with Gasteiger partial charge < -0.3 is 5.32 Å². The lowest BCUT2D eigenvalue weighted by Crippen LogP contribution is -2.17. The van der Waals surface area contributed by atoms with E-state index in [1.165, 1.54) is 17.7 Å². The van der Waals surface area contributed by atoms with Crippen molar-refractivity contribution in [2.45, 2.75) is 19.4 Å². The summed E-state index contributed by atoms with van der Waals surface area (Å²) in [5, 5.41) is 9.14. The first-order valence-corrected chi connectivity index (χ1v) is 5.67. The maximum Gasteiger partial charge on any atom is 0.228 e. The topological polar surface area (TPSA) is 72.7 Å². The lowest BCUT2D eigenvalue weighted by molar-refractivity contribution is -0.116. The van der Waals surface area contributed by atoms with Gasteiger partial charge >= 0.3 is 0 Å². The second-order valence-electron chi connectivity index (χ2n) is 3.31. The van der Waals surface area contributed by atoms with Gasteiger partial charge in [-0.15, -0.1) is 11.3 Å². The summed E-state index contributed by atoms with van der Waals surface area (Å²) in [5.41, 5.74) is 0. The largest absolute Gasteiger partial charge is 0.302 e. The van der Waals surface area contributed by atoms with E-state index in [1.54, 1.807) is 17.2 Å². The summed E-state index contributed by atoms with van der Waals surface area (Å²) in [7, 11) is 0. The first-order valence-electron chi connectivity index (χ1n) is 4.79. The fraction of sp³-hybridized carbons (Fsp3) is 0.333. The van der Waals surface area contributed by atoms with Gasteiger partial charge in [-0.2, -0.15) is 5.10 Å². The summed E-state index contributed by atoms with van der Waals surface area (Å²) in [6, 6.07) is -0.0116. The van der Waals surface area contributed by atoms with Gasteiger partial charge in [0.1, 0.15) is 12.7 Å². The third-order valence-electron chi connectivity index (χ3n) is 2.05. The highest BCUT2D eigenvalue weighted by Gasteiger charge is 2.11. The van der Waals surface area contributed by atoms with E-state index in [0.717, 1.165) is 0 Å². The van der Waals surface area contributed by atoms with Crippen LogP contribution < -0.4 is 5.32 Å². The Kier molecular flexibility index (Phi) is 3.25. The minimum atomic E-state index is -0.0713. The molecule has 0 unspecified atom stereocenters. The normalized spacial score (nSPS) is 12.3. The monoisotopic (exact) mass is 237 g/mol. The molecule has 0 saturated carbocycles. The third-order valence-corrected chi connectivity index (χ3v) is 2.74. The molecule has 2 heterocycles. The molecule has 0 aliphatic rings. The van der Waals surface area contributed by atoms with E-state index in [-0.39, 0.29) is 11.9 Å². The van der Waals surface area contributed by atoms with Crippen molar-refractivity contribution >= 4 is 22.4 Å². The molecule has 16 heavy (non-hydrogen) atoms. The summed E-state index contributed by atoms with van der Waals surface area (Å²) in [5.74, 6) is -0.0713. The van der Waals surface area contributed by atoms with Crippen LogP contribution in [0.1, 0.15) is 19.4 Å². The number of thiazole rings is 1. The molecule has 0 aliphatic carbocycles. The predicted molar refractivity (Wildman–Crippen MR) is 60.1 cm³/mol. The van der Waals surface area contributed by atoms with E-state index in [1.807, 2.05) is 12.3 Å². The molecule has 1 N–H and O–H groups in total. The summed E-state index contributed by atoms with van der Waals surface area (Å²) in [6.07, 6.45) is 5.06. The van der Waals surface area contributed by atoms with E-state index in [2.05, 4.69) is 20.4 Å². The fourth-order valence-corrected chi connectivity index (χ4v) is 1.81. The van der Waals surface area contributed by atoms with Crippen LogP contribution in [0, 0.1) is 0 Å². The Balaban J connectivity index is 1.88. The maximum atomic E-state index is 11.6. The zero-order valence-electron chi connectivity index (χ0n) is 8.70. The lowest BCUT2D eigenvalue weighted by Gasteiger charge is -2.10. The van der Waals surface area contributed by atoms with E-state index in [0.29, 0.717) is 11.6 Å². The van der Waals surface area contributed by atoms with Crippen LogP contribution in [0.2, 0.25) is 0 Å². The smallest absolute Gasteiger partial charge is 0.228 e. The molecule has 7 heteroatoms. The molecule has 2 rings (SSSR count). The number of anilines is 1. The van der Waals surface area contributed by atoms with Crippen molar-refractivity contribution in [2.24, 2.45) is 0 Å². The summed E-state index contributed by atoms with van der Waals surface area (Å²) in [4.78, 5) is 19.4. The Bertz CT molecular complexity index is 438. The highest BCUT2D eigenvalue weighted by atomic mass is 32.1. The molecule has 84 valence electrons. The van der Waals surface area contributed by atoms with Crippen molar-refractivity contribution in [1.82, 2.24) is 19.7 Å². The maximum absolute atomic E-state index is 11.6. The van der Waals surface area contributed by atoms with Gasteiger partial charge in [0.2, 0.25) is 5.91 Å². The molecule has 0 aliphatic heterocycles. The number of amides is 1. The molecule has 6 nitrogen and oxygen atoms in total. The van der Waals surface area contributed by atoms with E-state index in [4.69, 9.17) is 0 Å². The number of hydrogen-bond donors (Lipinski definition) is 1. The van der Waals surface area contributed by atoms with Crippen LogP contribution in [-0.4, -0.2) is 25.7 Å². The number of nitrogens with one attached hydrogen (secondary N) is 1. The molecule has 0 radical (unpaired) electrons. The van der Waals surface area contributed by atoms with Crippen LogP contribution >= 0.6 is 11.3 Å². The molecule has 2 aromatic rings. The predicted octanol–water partition coefficient (Wildman–Crippen LogP) is 1.32. The van der Waals surface area contributed by atoms with Crippen LogP contribution in [0.4, 0.5) is 5.13 Å². The number of aromatic nitrogens is 4. The van der Waals surface area contributed by atoms with Gasteiger partial charge in [-0.05, 0) is 6.92 Å². The minimum absolute atomic E-state index is 0.0116. The molecule has 0 spiro atoms. The molecular formula is C9H11N5OS. The van der Waals surface area contributed by atoms with Crippen molar-refractivity contribution in [1.29, 1.82) is 0 Å². The number of carbonyl (C=O) groups excluding carboxylic acids is 1. The summed E-state index contributed by atoms with van der Waals surface area (Å²) < 4.78 is 1.65. The van der Waals surface area contributed by atoms with Crippen LogP contribution in [0.25, 0.3) is 0 Å². The summed E-state index contributed by atoms with van der Waals surface area (Å²) >= 11 is 1.40. The Morgan fingerprint density at radius 2 is 2.56 bits per heavy atom. The van der Waals surface area contributed by atoms with Gasteiger partial charge in [-0.3, -0.25) is 4.79 Å². The molecule has 1 amide bonds. The quantitative estimate of drug-likeness (QED) is 0.870. The second kappa shape index (κ2) is 4.84. The van der Waals surface area contributed by atoms with Gasteiger partial charge in [-0.1, -0.05) is 0 Å². The molecule has 1 atom stereocenters. The molecule has 0 bridgehead atoms. The first kappa shape index (κ1) is 10.7. The number of nitrogens with zero attached hydrogens (tertiary/aromatic N) is 4. The summed E-state index contributed by atoms with van der Waals surface area (Å²) in [6.45, 7) is 1.91. The van der Waals surface area contributed by atoms with Crippen molar-refractivity contribution in [3.63, 3.8) is 0 Å². The Hall–Kier alpha value is -1.76. The Morgan fingerprint density at radius 3 is 3.19 bits per heavy atom. The fourth-order valence-electron chi connectivity index (χ4n) is 1.26. The molecule has 0 fully saturated rings. The Morgan fingerprint density at radius 1 is 1.69 bits per heavy atom. The van der Waals surface area contributed by atoms with Crippen LogP contribution in [-0.2, 0) is 4.79 Å². The SMILES string of the molecule is C[C@@H](CC(=O)Nc1nccs1)n1cncn1. The van der Waals surface area contributed by atoms with Gasteiger partial charge in [0, 0.05) is 18.0 Å². The van der Waals surface area contributed by atoms with E-state index >= 15 is 0 Å². The van der Waals surface area contributed by atoms with Crippen LogP contribution in [0.3, 0.4) is 0 Å². The van der Waals surface area contributed by atoms with Gasteiger partial charge in [0.05, 0.1) is 6.04 Å². The van der Waals surface area contributed by atoms with Crippen molar-refractivity contribution in [3.05, 3.63) is 24.2 Å². The number of hydrogen-bond acceptors (Lipinski definition) is 5. The van der Waals surface area contributed by atoms with Gasteiger partial charge in [-0.25, -0.2) is 14.6 Å². The lowest BCUT2D eigenvalue weighted by atomic mass is 10.2. The van der Waals surface area contributed by atoms with Gasteiger partial charge in [0.25, 0.3) is 0 Å². The average molecular weight is 237 g/mol. The molecule has 2 aromatic heterocycles. The number of rotatable bonds is 4. The zero-order valence-corrected chi connectivity index (χ0v) is 9.52. The van der Waals surface area contributed by atoms with Crippen LogP contribution in [0.15, 0.2) is 24.2 Å². The molecule has 0 aromatic carbocycles. The van der Waals surface area contributed by atoms with E-state index in [9.17, 15) is 4.79 Å². The van der Waals surface area contributed by atoms with Crippen molar-refractivity contribution < 1.29 is 4.79 Å². The third kappa shape index (κ3) is 2.63. The van der Waals surface area contributed by atoms with Crippen molar-refractivity contribution in [2.75, 3.05) is 5.32 Å². The highest BCUT2D eigenvalue weighted by Crippen LogP contribution is 2.13. The second-order valence-corrected chi connectivity index (χ2v) is 4.21. The van der Waals surface area contributed by atoms with E-state index < -0.39 is 0 Å². The molecular weight excluding hydrogens is 226 g/mol. The standard InChI is InChI=1S/C9H11N5OS/c1-7(14-6-10-5-12-14)4-8(15)13-9-11-2-3-16-9/h2-3,5-7H,4H2,1H3,(H,11,13,15)/t7-/m0/s1. The Labute approximate surface area is 96.3 Å².